The van der Waals surface area contributed by atoms with Crippen LogP contribution >= 0.6 is 0 Å². The molecule has 0 unspecified atom stereocenters. The smallest absolute Gasteiger partial charge is 0.119 e. The van der Waals surface area contributed by atoms with Gasteiger partial charge in [-0.15, -0.1) is 10.2 Å². The minimum Gasteiger partial charge on any atom is -0.315 e. The largest absolute Gasteiger partial charge is 0.315 e. The highest BCUT2D eigenvalue weighted by Crippen LogP contribution is 2.36. The van der Waals surface area contributed by atoms with Crippen molar-refractivity contribution in [3.8, 4) is 0 Å². The van der Waals surface area contributed by atoms with Gasteiger partial charge in [0.15, 0.2) is 0 Å². The maximum Gasteiger partial charge on any atom is 0.119 e. The van der Waals surface area contributed by atoms with Crippen LogP contribution in [0.15, 0.2) is 12.7 Å². The molecule has 0 fully saturated rings. The third kappa shape index (κ3) is 4.49. The van der Waals surface area contributed by atoms with Crippen molar-refractivity contribution in [1.82, 2.24) is 14.8 Å². The Balaban J connectivity index is 2.56. The van der Waals surface area contributed by atoms with Crippen LogP contribution in [-0.4, -0.2) is 14.8 Å². The first-order valence-corrected chi connectivity index (χ1v) is 6.72. The van der Waals surface area contributed by atoms with Gasteiger partial charge in [-0.2, -0.15) is 0 Å². The molecule has 0 saturated carbocycles. The normalized spacial score (nSPS) is 13.0. The zero-order valence-corrected chi connectivity index (χ0v) is 12.0. The van der Waals surface area contributed by atoms with Crippen molar-refractivity contribution in [3.63, 3.8) is 0 Å². The molecule has 0 atom stereocenters. The summed E-state index contributed by atoms with van der Waals surface area (Å²) in [5, 5.41) is 7.81. The van der Waals surface area contributed by atoms with Gasteiger partial charge in [-0.1, -0.05) is 40.0 Å². The van der Waals surface area contributed by atoms with Crippen molar-refractivity contribution < 1.29 is 0 Å². The molecule has 17 heavy (non-hydrogen) atoms. The number of aromatic nitrogens is 3. The average Bonchev–Trinajstić information content (AvgIpc) is 2.69. The third-order valence-corrected chi connectivity index (χ3v) is 3.49. The second kappa shape index (κ2) is 5.65. The molecule has 0 N–H and O–H groups in total. The van der Waals surface area contributed by atoms with E-state index in [1.54, 1.807) is 0 Å². The van der Waals surface area contributed by atoms with Gasteiger partial charge < -0.3 is 4.57 Å². The molecular formula is C14H27N3. The average molecular weight is 237 g/mol. The molecule has 0 aliphatic rings. The van der Waals surface area contributed by atoms with Crippen LogP contribution in [0.3, 0.4) is 0 Å². The maximum atomic E-state index is 3.91. The van der Waals surface area contributed by atoms with Gasteiger partial charge in [0.05, 0.1) is 0 Å². The molecule has 3 nitrogen and oxygen atoms in total. The molecule has 3 heteroatoms. The topological polar surface area (TPSA) is 30.7 Å². The van der Waals surface area contributed by atoms with Crippen LogP contribution in [0.5, 0.6) is 0 Å². The van der Waals surface area contributed by atoms with Crippen LogP contribution in [0.2, 0.25) is 0 Å². The quantitative estimate of drug-likeness (QED) is 0.671. The number of hydrogen-bond acceptors (Lipinski definition) is 2. The van der Waals surface area contributed by atoms with Crippen LogP contribution in [0.1, 0.15) is 66.7 Å². The van der Waals surface area contributed by atoms with E-state index in [1.807, 2.05) is 12.7 Å². The Morgan fingerprint density at radius 1 is 1.00 bits per heavy atom. The van der Waals surface area contributed by atoms with Gasteiger partial charge in [-0.25, -0.2) is 0 Å². The molecule has 0 bridgehead atoms. The number of rotatable bonds is 7. The lowest BCUT2D eigenvalue weighted by Crippen LogP contribution is -2.31. The van der Waals surface area contributed by atoms with Crippen LogP contribution in [0.4, 0.5) is 0 Å². The Labute approximate surface area is 106 Å². The molecule has 0 saturated heterocycles. The molecule has 1 aromatic rings. The highest BCUT2D eigenvalue weighted by molar-refractivity contribution is 4.86. The van der Waals surface area contributed by atoms with Gasteiger partial charge in [0.1, 0.15) is 12.7 Å². The lowest BCUT2D eigenvalue weighted by Gasteiger charge is -2.35. The second-order valence-corrected chi connectivity index (χ2v) is 6.48. The van der Waals surface area contributed by atoms with Crippen molar-refractivity contribution in [2.45, 2.75) is 72.3 Å². The number of hydrogen-bond donors (Lipinski definition) is 0. The molecule has 0 amide bonds. The number of nitrogens with zero attached hydrogens (tertiary/aromatic N) is 3. The minimum absolute atomic E-state index is 0.0964. The molecule has 1 aromatic heterocycles. The van der Waals surface area contributed by atoms with Crippen LogP contribution in [0, 0.1) is 5.41 Å². The SMILES string of the molecule is CCCCCC(C)(C)CC(C)(C)n1cnnc1. The van der Waals surface area contributed by atoms with Crippen LogP contribution in [-0.2, 0) is 5.54 Å². The fraction of sp³-hybridized carbons (Fsp3) is 0.857. The molecule has 0 aliphatic carbocycles. The molecule has 0 radical (unpaired) electrons. The fourth-order valence-electron chi connectivity index (χ4n) is 2.72. The van der Waals surface area contributed by atoms with E-state index >= 15 is 0 Å². The monoisotopic (exact) mass is 237 g/mol. The lowest BCUT2D eigenvalue weighted by molar-refractivity contribution is 0.181. The Kier molecular flexibility index (Phi) is 4.72. The van der Waals surface area contributed by atoms with Crippen molar-refractivity contribution in [2.24, 2.45) is 5.41 Å². The fourth-order valence-corrected chi connectivity index (χ4v) is 2.72. The first-order valence-electron chi connectivity index (χ1n) is 6.72. The Morgan fingerprint density at radius 3 is 2.12 bits per heavy atom. The van der Waals surface area contributed by atoms with Crippen LogP contribution < -0.4 is 0 Å². The summed E-state index contributed by atoms with van der Waals surface area (Å²) in [6.45, 7) is 11.5. The summed E-state index contributed by atoms with van der Waals surface area (Å²) in [6.07, 6.45) is 10.1. The van der Waals surface area contributed by atoms with Crippen LogP contribution in [0.25, 0.3) is 0 Å². The lowest BCUT2D eigenvalue weighted by atomic mass is 9.76. The van der Waals surface area contributed by atoms with Gasteiger partial charge in [0.2, 0.25) is 0 Å². The van der Waals surface area contributed by atoms with Gasteiger partial charge >= 0.3 is 0 Å². The van der Waals surface area contributed by atoms with E-state index in [1.165, 1.54) is 25.7 Å². The molecule has 0 aromatic carbocycles. The predicted octanol–water partition coefficient (Wildman–Crippen LogP) is 4.01. The minimum atomic E-state index is 0.0964. The van der Waals surface area contributed by atoms with E-state index in [0.29, 0.717) is 5.41 Å². The van der Waals surface area contributed by atoms with E-state index in [9.17, 15) is 0 Å². The van der Waals surface area contributed by atoms with Crippen molar-refractivity contribution >= 4 is 0 Å². The maximum absolute atomic E-state index is 3.91. The highest BCUT2D eigenvalue weighted by atomic mass is 15.3. The molecular weight excluding hydrogens is 210 g/mol. The van der Waals surface area contributed by atoms with Crippen molar-refractivity contribution in [1.29, 1.82) is 0 Å². The van der Waals surface area contributed by atoms with Crippen molar-refractivity contribution in [3.05, 3.63) is 12.7 Å². The summed E-state index contributed by atoms with van der Waals surface area (Å²) < 4.78 is 2.12. The summed E-state index contributed by atoms with van der Waals surface area (Å²) in [7, 11) is 0. The van der Waals surface area contributed by atoms with E-state index < -0.39 is 0 Å². The summed E-state index contributed by atoms with van der Waals surface area (Å²) in [6, 6.07) is 0. The molecule has 98 valence electrons. The second-order valence-electron chi connectivity index (χ2n) is 6.48. The predicted molar refractivity (Wildman–Crippen MR) is 71.9 cm³/mol. The standard InChI is InChI=1S/C14H27N3/c1-6-7-8-9-13(2,3)10-14(4,5)17-11-15-16-12-17/h11-12H,6-10H2,1-5H3. The zero-order valence-electron chi connectivity index (χ0n) is 12.0. The van der Waals surface area contributed by atoms with E-state index in [4.69, 9.17) is 0 Å². The number of unbranched alkanes of at least 4 members (excludes halogenated alkanes) is 2. The van der Waals surface area contributed by atoms with Gasteiger partial charge in [-0.05, 0) is 32.1 Å². The first-order chi connectivity index (χ1) is 7.87. The van der Waals surface area contributed by atoms with E-state index in [-0.39, 0.29) is 5.54 Å². The molecule has 1 heterocycles. The van der Waals surface area contributed by atoms with Crippen molar-refractivity contribution in [2.75, 3.05) is 0 Å². The van der Waals surface area contributed by atoms with Gasteiger partial charge in [0.25, 0.3) is 0 Å². The summed E-state index contributed by atoms with van der Waals surface area (Å²) >= 11 is 0. The highest BCUT2D eigenvalue weighted by Gasteiger charge is 2.29. The first kappa shape index (κ1) is 14.2. The summed E-state index contributed by atoms with van der Waals surface area (Å²) in [5.41, 5.74) is 0.474. The van der Waals surface area contributed by atoms with E-state index in [2.05, 4.69) is 49.4 Å². The zero-order chi connectivity index (χ0) is 12.9. The summed E-state index contributed by atoms with van der Waals surface area (Å²) in [4.78, 5) is 0. The van der Waals surface area contributed by atoms with Gasteiger partial charge in [0, 0.05) is 5.54 Å². The summed E-state index contributed by atoms with van der Waals surface area (Å²) in [5.74, 6) is 0. The van der Waals surface area contributed by atoms with E-state index in [0.717, 1.165) is 6.42 Å². The van der Waals surface area contributed by atoms with Gasteiger partial charge in [-0.3, -0.25) is 0 Å². The third-order valence-electron chi connectivity index (χ3n) is 3.49. The molecule has 1 rings (SSSR count). The molecule has 0 aliphatic heterocycles. The Hall–Kier alpha value is -0.860. The Morgan fingerprint density at radius 2 is 1.59 bits per heavy atom. The Bertz CT molecular complexity index is 312. The molecule has 0 spiro atoms.